The van der Waals surface area contributed by atoms with Crippen molar-refractivity contribution < 1.29 is 0 Å². The molecule has 0 atom stereocenters. The van der Waals surface area contributed by atoms with E-state index in [1.54, 1.807) is 6.07 Å². The number of rotatable bonds is 4. The third-order valence-electron chi connectivity index (χ3n) is 2.33. The van der Waals surface area contributed by atoms with Crippen molar-refractivity contribution in [2.45, 2.75) is 33.7 Å². The standard InChI is InChI=1S/C13H19N3/c1-10(2)9-16(11(3)4)13-7-5-6-12(8-14)15-13/h5-7,10-11H,9H2,1-4H3. The van der Waals surface area contributed by atoms with Gasteiger partial charge in [0.05, 0.1) is 0 Å². The number of nitrogens with zero attached hydrogens (tertiary/aromatic N) is 3. The minimum atomic E-state index is 0.392. The van der Waals surface area contributed by atoms with Gasteiger partial charge in [0.15, 0.2) is 0 Å². The van der Waals surface area contributed by atoms with E-state index in [1.807, 2.05) is 12.1 Å². The Morgan fingerprint density at radius 2 is 2.00 bits per heavy atom. The SMILES string of the molecule is CC(C)CN(c1cccc(C#N)n1)C(C)C. The molecule has 1 aromatic heterocycles. The van der Waals surface area contributed by atoms with E-state index in [2.05, 4.69) is 43.6 Å². The van der Waals surface area contributed by atoms with Gasteiger partial charge in [0.1, 0.15) is 17.6 Å². The molecule has 0 unspecified atom stereocenters. The first-order valence-corrected chi connectivity index (χ1v) is 5.68. The fourth-order valence-corrected chi connectivity index (χ4v) is 1.61. The van der Waals surface area contributed by atoms with E-state index in [0.29, 0.717) is 17.7 Å². The number of pyridine rings is 1. The minimum Gasteiger partial charge on any atom is -0.354 e. The van der Waals surface area contributed by atoms with Gasteiger partial charge in [-0.3, -0.25) is 0 Å². The van der Waals surface area contributed by atoms with Crippen LogP contribution in [0.1, 0.15) is 33.4 Å². The molecule has 3 heteroatoms. The zero-order valence-corrected chi connectivity index (χ0v) is 10.4. The number of hydrogen-bond donors (Lipinski definition) is 0. The highest BCUT2D eigenvalue weighted by atomic mass is 15.2. The predicted octanol–water partition coefficient (Wildman–Crippen LogP) is 2.82. The third-order valence-corrected chi connectivity index (χ3v) is 2.33. The first-order valence-electron chi connectivity index (χ1n) is 5.68. The Balaban J connectivity index is 2.97. The summed E-state index contributed by atoms with van der Waals surface area (Å²) in [5.41, 5.74) is 0.479. The molecule has 0 saturated carbocycles. The summed E-state index contributed by atoms with van der Waals surface area (Å²) >= 11 is 0. The number of anilines is 1. The normalized spacial score (nSPS) is 10.6. The van der Waals surface area contributed by atoms with Gasteiger partial charge in [-0.25, -0.2) is 4.98 Å². The van der Waals surface area contributed by atoms with Crippen LogP contribution in [0.3, 0.4) is 0 Å². The maximum Gasteiger partial charge on any atom is 0.142 e. The zero-order chi connectivity index (χ0) is 12.1. The second kappa shape index (κ2) is 5.50. The molecule has 16 heavy (non-hydrogen) atoms. The molecular weight excluding hydrogens is 198 g/mol. The summed E-state index contributed by atoms with van der Waals surface area (Å²) in [5, 5.41) is 8.83. The van der Waals surface area contributed by atoms with E-state index >= 15 is 0 Å². The molecule has 0 amide bonds. The average Bonchev–Trinajstić information content (AvgIpc) is 2.25. The molecule has 86 valence electrons. The van der Waals surface area contributed by atoms with Crippen molar-refractivity contribution in [1.29, 1.82) is 5.26 Å². The molecule has 1 rings (SSSR count). The molecule has 0 radical (unpaired) electrons. The first kappa shape index (κ1) is 12.5. The summed E-state index contributed by atoms with van der Waals surface area (Å²) in [4.78, 5) is 6.56. The topological polar surface area (TPSA) is 39.9 Å². The van der Waals surface area contributed by atoms with E-state index in [4.69, 9.17) is 5.26 Å². The molecular formula is C13H19N3. The van der Waals surface area contributed by atoms with E-state index in [0.717, 1.165) is 12.4 Å². The predicted molar refractivity (Wildman–Crippen MR) is 66.3 cm³/mol. The lowest BCUT2D eigenvalue weighted by atomic mass is 10.1. The Kier molecular flexibility index (Phi) is 4.30. The van der Waals surface area contributed by atoms with Crippen molar-refractivity contribution in [2.24, 2.45) is 5.92 Å². The minimum absolute atomic E-state index is 0.392. The number of nitriles is 1. The van der Waals surface area contributed by atoms with Crippen LogP contribution in [0.2, 0.25) is 0 Å². The van der Waals surface area contributed by atoms with Crippen LogP contribution >= 0.6 is 0 Å². The van der Waals surface area contributed by atoms with Crippen LogP contribution in [0.25, 0.3) is 0 Å². The second-order valence-electron chi connectivity index (χ2n) is 4.63. The number of aromatic nitrogens is 1. The van der Waals surface area contributed by atoms with Crippen molar-refractivity contribution in [1.82, 2.24) is 4.98 Å². The van der Waals surface area contributed by atoms with Crippen LogP contribution in [0, 0.1) is 17.2 Å². The summed E-state index contributed by atoms with van der Waals surface area (Å²) in [7, 11) is 0. The van der Waals surface area contributed by atoms with Crippen LogP contribution < -0.4 is 4.90 Å². The Morgan fingerprint density at radius 1 is 1.31 bits per heavy atom. The highest BCUT2D eigenvalue weighted by Crippen LogP contribution is 2.16. The summed E-state index contributed by atoms with van der Waals surface area (Å²) < 4.78 is 0. The first-order chi connectivity index (χ1) is 7.54. The highest BCUT2D eigenvalue weighted by Gasteiger charge is 2.13. The quantitative estimate of drug-likeness (QED) is 0.778. The monoisotopic (exact) mass is 217 g/mol. The summed E-state index contributed by atoms with van der Waals surface area (Å²) in [6.07, 6.45) is 0. The van der Waals surface area contributed by atoms with Crippen molar-refractivity contribution in [3.8, 4) is 6.07 Å². The molecule has 0 bridgehead atoms. The molecule has 0 aliphatic rings. The largest absolute Gasteiger partial charge is 0.354 e. The van der Waals surface area contributed by atoms with E-state index in [1.165, 1.54) is 0 Å². The van der Waals surface area contributed by atoms with Gasteiger partial charge in [-0.2, -0.15) is 5.26 Å². The maximum absolute atomic E-state index is 8.83. The smallest absolute Gasteiger partial charge is 0.142 e. The number of hydrogen-bond acceptors (Lipinski definition) is 3. The van der Waals surface area contributed by atoms with E-state index < -0.39 is 0 Å². The van der Waals surface area contributed by atoms with Gasteiger partial charge >= 0.3 is 0 Å². The fraction of sp³-hybridized carbons (Fsp3) is 0.538. The Hall–Kier alpha value is -1.56. The Morgan fingerprint density at radius 3 is 2.50 bits per heavy atom. The summed E-state index contributed by atoms with van der Waals surface area (Å²) in [6, 6.07) is 8.05. The second-order valence-corrected chi connectivity index (χ2v) is 4.63. The lowest BCUT2D eigenvalue weighted by molar-refractivity contribution is 0.566. The molecule has 0 aromatic carbocycles. The summed E-state index contributed by atoms with van der Waals surface area (Å²) in [5.74, 6) is 1.47. The van der Waals surface area contributed by atoms with Gasteiger partial charge in [-0.15, -0.1) is 0 Å². The zero-order valence-electron chi connectivity index (χ0n) is 10.4. The van der Waals surface area contributed by atoms with Crippen LogP contribution in [0.15, 0.2) is 18.2 Å². The molecule has 0 saturated heterocycles. The van der Waals surface area contributed by atoms with Gasteiger partial charge in [-0.05, 0) is 31.9 Å². The molecule has 0 aliphatic heterocycles. The lowest BCUT2D eigenvalue weighted by Gasteiger charge is -2.29. The van der Waals surface area contributed by atoms with Crippen molar-refractivity contribution in [2.75, 3.05) is 11.4 Å². The molecule has 0 spiro atoms. The van der Waals surface area contributed by atoms with E-state index in [-0.39, 0.29) is 0 Å². The molecule has 3 nitrogen and oxygen atoms in total. The molecule has 0 aliphatic carbocycles. The van der Waals surface area contributed by atoms with E-state index in [9.17, 15) is 0 Å². The highest BCUT2D eigenvalue weighted by molar-refractivity contribution is 5.42. The van der Waals surface area contributed by atoms with Crippen LogP contribution in [0.4, 0.5) is 5.82 Å². The average molecular weight is 217 g/mol. The molecule has 0 N–H and O–H groups in total. The maximum atomic E-state index is 8.83. The lowest BCUT2D eigenvalue weighted by Crippen LogP contribution is -2.34. The van der Waals surface area contributed by atoms with Gasteiger partial charge in [0, 0.05) is 12.6 Å². The van der Waals surface area contributed by atoms with Gasteiger partial charge in [0.2, 0.25) is 0 Å². The molecule has 1 aromatic rings. The summed E-state index contributed by atoms with van der Waals surface area (Å²) in [6.45, 7) is 9.61. The third kappa shape index (κ3) is 3.23. The molecule has 0 fully saturated rings. The molecule has 1 heterocycles. The van der Waals surface area contributed by atoms with Gasteiger partial charge < -0.3 is 4.90 Å². The fourth-order valence-electron chi connectivity index (χ4n) is 1.61. The van der Waals surface area contributed by atoms with Gasteiger partial charge in [-0.1, -0.05) is 19.9 Å². The Bertz CT molecular complexity index is 377. The van der Waals surface area contributed by atoms with Gasteiger partial charge in [0.25, 0.3) is 0 Å². The van der Waals surface area contributed by atoms with Crippen molar-refractivity contribution in [3.63, 3.8) is 0 Å². The Labute approximate surface area is 97.7 Å². The van der Waals surface area contributed by atoms with Crippen molar-refractivity contribution >= 4 is 5.82 Å². The van der Waals surface area contributed by atoms with Crippen molar-refractivity contribution in [3.05, 3.63) is 23.9 Å². The van der Waals surface area contributed by atoms with Crippen LogP contribution in [-0.4, -0.2) is 17.6 Å². The van der Waals surface area contributed by atoms with Crippen LogP contribution in [-0.2, 0) is 0 Å². The van der Waals surface area contributed by atoms with Crippen LogP contribution in [0.5, 0.6) is 0 Å².